The Morgan fingerprint density at radius 2 is 2.05 bits per heavy atom. The van der Waals surface area contributed by atoms with Gasteiger partial charge in [-0.3, -0.25) is 9.69 Å². The average molecular weight is 282 g/mol. The molecule has 0 fully saturated rings. The molecule has 0 radical (unpaired) electrons. The second-order valence-corrected chi connectivity index (χ2v) is 4.82. The van der Waals surface area contributed by atoms with E-state index in [1.54, 1.807) is 7.05 Å². The molecular weight excluding hydrogens is 260 g/mol. The van der Waals surface area contributed by atoms with Gasteiger partial charge in [-0.05, 0) is 12.6 Å². The van der Waals surface area contributed by atoms with Gasteiger partial charge in [-0.1, -0.05) is 30.3 Å². The number of benzene rings is 1. The summed E-state index contributed by atoms with van der Waals surface area (Å²) in [5.41, 5.74) is 6.85. The number of carboxylic acids is 1. The summed E-state index contributed by atoms with van der Waals surface area (Å²) in [4.78, 5) is 12.0. The molecule has 6 heteroatoms. The molecule has 0 saturated carbocycles. The number of aliphatic hydroxyl groups is 1. The zero-order valence-electron chi connectivity index (χ0n) is 11.6. The lowest BCUT2D eigenvalue weighted by Gasteiger charge is -2.23. The summed E-state index contributed by atoms with van der Waals surface area (Å²) >= 11 is 0. The van der Waals surface area contributed by atoms with Crippen molar-refractivity contribution in [1.29, 1.82) is 0 Å². The maximum atomic E-state index is 10.5. The van der Waals surface area contributed by atoms with E-state index in [0.29, 0.717) is 6.61 Å². The molecule has 6 nitrogen and oxygen atoms in total. The van der Waals surface area contributed by atoms with Crippen LogP contribution in [-0.4, -0.2) is 60.0 Å². The molecule has 112 valence electrons. The van der Waals surface area contributed by atoms with Gasteiger partial charge in [0.05, 0.1) is 31.9 Å². The third kappa shape index (κ3) is 6.63. The van der Waals surface area contributed by atoms with E-state index in [2.05, 4.69) is 0 Å². The van der Waals surface area contributed by atoms with Crippen LogP contribution in [0.2, 0.25) is 0 Å². The lowest BCUT2D eigenvalue weighted by molar-refractivity contribution is -0.138. The number of carboxylic acid groups (broad SMARTS) is 1. The highest BCUT2D eigenvalue weighted by Crippen LogP contribution is 2.02. The van der Waals surface area contributed by atoms with Crippen molar-refractivity contribution in [3.63, 3.8) is 0 Å². The number of ether oxygens (including phenoxy) is 1. The molecule has 0 aliphatic carbocycles. The van der Waals surface area contributed by atoms with Crippen molar-refractivity contribution in [2.24, 2.45) is 5.73 Å². The lowest BCUT2D eigenvalue weighted by atomic mass is 10.1. The number of nitrogens with zero attached hydrogens (tertiary/aromatic N) is 1. The van der Waals surface area contributed by atoms with Crippen molar-refractivity contribution in [2.45, 2.75) is 18.8 Å². The summed E-state index contributed by atoms with van der Waals surface area (Å²) in [6.45, 7) is 0.722. The Kier molecular flexibility index (Phi) is 7.17. The number of aliphatic hydroxyl groups excluding tert-OH is 1. The molecule has 0 unspecified atom stereocenters. The van der Waals surface area contributed by atoms with Crippen LogP contribution in [0.15, 0.2) is 30.3 Å². The van der Waals surface area contributed by atoms with E-state index in [1.165, 1.54) is 4.90 Å². The number of aliphatic carboxylic acids is 1. The van der Waals surface area contributed by atoms with Gasteiger partial charge in [-0.15, -0.1) is 0 Å². The van der Waals surface area contributed by atoms with Crippen LogP contribution in [0.25, 0.3) is 0 Å². The highest BCUT2D eigenvalue weighted by Gasteiger charge is 2.18. The van der Waals surface area contributed by atoms with E-state index in [0.717, 1.165) is 5.56 Å². The van der Waals surface area contributed by atoms with Crippen LogP contribution in [0.4, 0.5) is 0 Å². The minimum absolute atomic E-state index is 0.130. The summed E-state index contributed by atoms with van der Waals surface area (Å²) in [5.74, 6) is -0.936. The third-order valence-electron chi connectivity index (χ3n) is 2.82. The minimum Gasteiger partial charge on any atom is -0.480 e. The second-order valence-electron chi connectivity index (χ2n) is 4.82. The molecular formula is C14H22N2O4. The van der Waals surface area contributed by atoms with E-state index >= 15 is 0 Å². The molecule has 1 aromatic carbocycles. The summed E-state index contributed by atoms with van der Waals surface area (Å²) in [5, 5.41) is 18.5. The summed E-state index contributed by atoms with van der Waals surface area (Å²) in [6, 6.07) is 9.13. The molecule has 4 N–H and O–H groups in total. The highest BCUT2D eigenvalue weighted by molar-refractivity contribution is 5.69. The summed E-state index contributed by atoms with van der Waals surface area (Å²) in [6.07, 6.45) is -0.824. The second kappa shape index (κ2) is 8.65. The van der Waals surface area contributed by atoms with Crippen LogP contribution in [0.5, 0.6) is 0 Å². The molecule has 0 spiro atoms. The molecule has 20 heavy (non-hydrogen) atoms. The smallest absolute Gasteiger partial charge is 0.317 e. The largest absolute Gasteiger partial charge is 0.480 e. The van der Waals surface area contributed by atoms with Gasteiger partial charge in [-0.2, -0.15) is 0 Å². The van der Waals surface area contributed by atoms with Crippen LogP contribution in [0, 0.1) is 0 Å². The maximum absolute atomic E-state index is 10.5. The molecule has 2 atom stereocenters. The van der Waals surface area contributed by atoms with Crippen molar-refractivity contribution < 1.29 is 19.7 Å². The van der Waals surface area contributed by atoms with E-state index in [4.69, 9.17) is 15.6 Å². The first-order valence-electron chi connectivity index (χ1n) is 6.44. The summed E-state index contributed by atoms with van der Waals surface area (Å²) < 4.78 is 5.45. The Hall–Kier alpha value is -1.47. The Bertz CT molecular complexity index is 399. The third-order valence-corrected chi connectivity index (χ3v) is 2.82. The van der Waals surface area contributed by atoms with Crippen LogP contribution in [0.3, 0.4) is 0 Å². The molecule has 0 heterocycles. The average Bonchev–Trinajstić information content (AvgIpc) is 2.38. The van der Waals surface area contributed by atoms with Gasteiger partial charge in [0, 0.05) is 6.54 Å². The SMILES string of the molecule is CN(CC(=O)O)C[C@H](O)[C@@H](N)COCc1ccccc1. The molecule has 0 aliphatic rings. The number of nitrogens with two attached hydrogens (primary N) is 1. The van der Waals surface area contributed by atoms with E-state index < -0.39 is 18.1 Å². The van der Waals surface area contributed by atoms with Crippen LogP contribution < -0.4 is 5.73 Å². The Labute approximate surface area is 118 Å². The topological polar surface area (TPSA) is 96.0 Å². The van der Waals surface area contributed by atoms with Gasteiger partial charge in [0.25, 0.3) is 0 Å². The number of hydrogen-bond donors (Lipinski definition) is 3. The molecule has 1 rings (SSSR count). The molecule has 1 aromatic rings. The van der Waals surface area contributed by atoms with Crippen molar-refractivity contribution >= 4 is 5.97 Å². The van der Waals surface area contributed by atoms with Gasteiger partial charge in [-0.25, -0.2) is 0 Å². The van der Waals surface area contributed by atoms with Gasteiger partial charge in [0.1, 0.15) is 0 Å². The number of hydrogen-bond acceptors (Lipinski definition) is 5. The van der Waals surface area contributed by atoms with Crippen molar-refractivity contribution in [3.8, 4) is 0 Å². The predicted octanol–water partition coefficient (Wildman–Crippen LogP) is -0.0922. The standard InChI is InChI=1S/C14H22N2O4/c1-16(8-14(18)19)7-13(17)12(15)10-20-9-11-5-3-2-4-6-11/h2-6,12-13,17H,7-10,15H2,1H3,(H,18,19)/t12-,13-/m0/s1. The molecule has 0 amide bonds. The van der Waals surface area contributed by atoms with Crippen LogP contribution >= 0.6 is 0 Å². The number of likely N-dealkylation sites (N-methyl/N-ethyl adjacent to an activating group) is 1. The fourth-order valence-electron chi connectivity index (χ4n) is 1.75. The van der Waals surface area contributed by atoms with E-state index in [1.807, 2.05) is 30.3 Å². The molecule has 0 aliphatic heterocycles. The summed E-state index contributed by atoms with van der Waals surface area (Å²) in [7, 11) is 1.62. The van der Waals surface area contributed by atoms with Gasteiger partial charge in [0.2, 0.25) is 0 Å². The first-order valence-corrected chi connectivity index (χ1v) is 6.44. The zero-order valence-corrected chi connectivity index (χ0v) is 11.6. The van der Waals surface area contributed by atoms with Crippen molar-refractivity contribution in [2.75, 3.05) is 26.7 Å². The lowest BCUT2D eigenvalue weighted by Crippen LogP contribution is -2.46. The molecule has 0 bridgehead atoms. The number of rotatable bonds is 9. The van der Waals surface area contributed by atoms with Gasteiger partial charge >= 0.3 is 5.97 Å². The number of carbonyl (C=O) groups is 1. The monoisotopic (exact) mass is 282 g/mol. The quantitative estimate of drug-likeness (QED) is 0.586. The first kappa shape index (κ1) is 16.6. The van der Waals surface area contributed by atoms with Crippen molar-refractivity contribution in [1.82, 2.24) is 4.90 Å². The minimum atomic E-state index is -0.936. The Morgan fingerprint density at radius 1 is 1.40 bits per heavy atom. The van der Waals surface area contributed by atoms with Crippen molar-refractivity contribution in [3.05, 3.63) is 35.9 Å². The maximum Gasteiger partial charge on any atom is 0.317 e. The molecule has 0 saturated heterocycles. The normalized spacial score (nSPS) is 14.2. The van der Waals surface area contributed by atoms with E-state index in [-0.39, 0.29) is 19.7 Å². The fraction of sp³-hybridized carbons (Fsp3) is 0.500. The Balaban J connectivity index is 2.24. The van der Waals surface area contributed by atoms with Crippen LogP contribution in [-0.2, 0) is 16.1 Å². The van der Waals surface area contributed by atoms with E-state index in [9.17, 15) is 9.90 Å². The van der Waals surface area contributed by atoms with Gasteiger partial charge in [0.15, 0.2) is 0 Å². The first-order chi connectivity index (χ1) is 9.49. The van der Waals surface area contributed by atoms with Gasteiger partial charge < -0.3 is 20.7 Å². The highest BCUT2D eigenvalue weighted by atomic mass is 16.5. The zero-order chi connectivity index (χ0) is 15.0. The predicted molar refractivity (Wildman–Crippen MR) is 75.2 cm³/mol. The fourth-order valence-corrected chi connectivity index (χ4v) is 1.75. The molecule has 0 aromatic heterocycles. The Morgan fingerprint density at radius 3 is 2.65 bits per heavy atom. The van der Waals surface area contributed by atoms with Crippen LogP contribution in [0.1, 0.15) is 5.56 Å².